The van der Waals surface area contributed by atoms with Crippen molar-refractivity contribution < 1.29 is 19.4 Å². The van der Waals surface area contributed by atoms with E-state index in [1.807, 2.05) is 0 Å². The zero-order valence-corrected chi connectivity index (χ0v) is 13.0. The van der Waals surface area contributed by atoms with Gasteiger partial charge >= 0.3 is 6.09 Å². The second kappa shape index (κ2) is 6.49. The van der Waals surface area contributed by atoms with Crippen LogP contribution in [0.25, 0.3) is 0 Å². The zero-order valence-electron chi connectivity index (χ0n) is 13.0. The minimum atomic E-state index is -0.766. The van der Waals surface area contributed by atoms with Gasteiger partial charge in [0, 0.05) is 11.3 Å². The number of anilines is 1. The molecule has 0 radical (unpaired) electrons. The number of benzene rings is 2. The Morgan fingerprint density at radius 3 is 2.71 bits per heavy atom. The molecule has 2 aromatic carbocycles. The van der Waals surface area contributed by atoms with Crippen molar-refractivity contribution in [3.8, 4) is 5.75 Å². The average Bonchev–Trinajstić information content (AvgIpc) is 2.58. The van der Waals surface area contributed by atoms with Gasteiger partial charge in [-0.3, -0.25) is 4.79 Å². The van der Waals surface area contributed by atoms with Crippen LogP contribution in [0.1, 0.15) is 29.0 Å². The SMILES string of the molecule is CCOC(=O)NN1C(=O)c2ccccc2N[C@H]1c1ccccc1O. The summed E-state index contributed by atoms with van der Waals surface area (Å²) in [5, 5.41) is 14.4. The van der Waals surface area contributed by atoms with Gasteiger partial charge in [-0.05, 0) is 25.1 Å². The molecule has 0 bridgehead atoms. The zero-order chi connectivity index (χ0) is 17.1. The molecule has 1 aliphatic heterocycles. The Morgan fingerprint density at radius 1 is 1.25 bits per heavy atom. The molecule has 0 spiro atoms. The van der Waals surface area contributed by atoms with Gasteiger partial charge in [-0.15, -0.1) is 0 Å². The molecule has 7 nitrogen and oxygen atoms in total. The fourth-order valence-electron chi connectivity index (χ4n) is 2.57. The summed E-state index contributed by atoms with van der Waals surface area (Å²) in [5.74, 6) is -0.386. The van der Waals surface area contributed by atoms with Crippen LogP contribution in [0.5, 0.6) is 5.75 Å². The standard InChI is InChI=1S/C17H17N3O4/c1-2-24-17(23)19-20-15(12-8-4-6-10-14(12)21)18-13-9-5-3-7-11(13)16(20)22/h3-10,15,18,21H,2H2,1H3,(H,19,23)/t15-/m1/s1. The minimum Gasteiger partial charge on any atom is -0.508 e. The van der Waals surface area contributed by atoms with Crippen LogP contribution in [-0.2, 0) is 4.74 Å². The lowest BCUT2D eigenvalue weighted by atomic mass is 10.0. The molecule has 1 atom stereocenters. The maximum atomic E-state index is 12.8. The van der Waals surface area contributed by atoms with Crippen LogP contribution in [0.4, 0.5) is 10.5 Å². The third-order valence-corrected chi connectivity index (χ3v) is 3.65. The van der Waals surface area contributed by atoms with Crippen LogP contribution in [0.3, 0.4) is 0 Å². The van der Waals surface area contributed by atoms with Gasteiger partial charge in [-0.25, -0.2) is 15.2 Å². The normalized spacial score (nSPS) is 16.1. The van der Waals surface area contributed by atoms with Crippen molar-refractivity contribution >= 4 is 17.7 Å². The third-order valence-electron chi connectivity index (χ3n) is 3.65. The monoisotopic (exact) mass is 327 g/mol. The first-order valence-electron chi connectivity index (χ1n) is 7.52. The number of phenolic OH excluding ortho intramolecular Hbond substituents is 1. The Kier molecular flexibility index (Phi) is 4.24. The van der Waals surface area contributed by atoms with Crippen molar-refractivity contribution in [3.63, 3.8) is 0 Å². The van der Waals surface area contributed by atoms with Gasteiger partial charge in [-0.1, -0.05) is 30.3 Å². The Morgan fingerprint density at radius 2 is 1.96 bits per heavy atom. The van der Waals surface area contributed by atoms with Crippen LogP contribution in [-0.4, -0.2) is 28.7 Å². The van der Waals surface area contributed by atoms with Crippen LogP contribution in [0, 0.1) is 0 Å². The molecule has 3 N–H and O–H groups in total. The molecule has 1 heterocycles. The average molecular weight is 327 g/mol. The maximum absolute atomic E-state index is 12.8. The third kappa shape index (κ3) is 2.83. The van der Waals surface area contributed by atoms with E-state index in [4.69, 9.17) is 4.74 Å². The van der Waals surface area contributed by atoms with Crippen molar-refractivity contribution in [3.05, 3.63) is 59.7 Å². The molecule has 0 saturated carbocycles. The Hall–Kier alpha value is -3.22. The first-order valence-corrected chi connectivity index (χ1v) is 7.52. The lowest BCUT2D eigenvalue weighted by Crippen LogP contribution is -2.53. The second-order valence-corrected chi connectivity index (χ2v) is 5.16. The smallest absolute Gasteiger partial charge is 0.426 e. The summed E-state index contributed by atoms with van der Waals surface area (Å²) < 4.78 is 4.86. The molecule has 0 aromatic heterocycles. The number of nitrogens with one attached hydrogen (secondary N) is 2. The summed E-state index contributed by atoms with van der Waals surface area (Å²) in [6.45, 7) is 1.85. The maximum Gasteiger partial charge on any atom is 0.426 e. The van der Waals surface area contributed by atoms with Crippen molar-refractivity contribution in [2.45, 2.75) is 13.1 Å². The molecule has 1 aliphatic rings. The van der Waals surface area contributed by atoms with Gasteiger partial charge in [-0.2, -0.15) is 0 Å². The highest BCUT2D eigenvalue weighted by atomic mass is 16.6. The molecule has 2 amide bonds. The number of nitrogens with zero attached hydrogens (tertiary/aromatic N) is 1. The molecule has 0 fully saturated rings. The molecule has 0 saturated heterocycles. The predicted octanol–water partition coefficient (Wildman–Crippen LogP) is 2.62. The number of hydrazine groups is 1. The van der Waals surface area contributed by atoms with E-state index in [0.29, 0.717) is 16.8 Å². The van der Waals surface area contributed by atoms with Crippen molar-refractivity contribution in [2.24, 2.45) is 0 Å². The molecule has 2 aromatic rings. The number of carbonyl (C=O) groups excluding carboxylic acids is 2. The van der Waals surface area contributed by atoms with E-state index in [2.05, 4.69) is 10.7 Å². The summed E-state index contributed by atoms with van der Waals surface area (Å²) in [5.41, 5.74) is 3.93. The minimum absolute atomic E-state index is 0.0119. The number of para-hydroxylation sites is 2. The quantitative estimate of drug-likeness (QED) is 0.806. The molecule has 24 heavy (non-hydrogen) atoms. The number of hydrogen-bond acceptors (Lipinski definition) is 5. The van der Waals surface area contributed by atoms with Crippen LogP contribution in [0.15, 0.2) is 48.5 Å². The lowest BCUT2D eigenvalue weighted by Gasteiger charge is -2.37. The van der Waals surface area contributed by atoms with Crippen molar-refractivity contribution in [2.75, 3.05) is 11.9 Å². The van der Waals surface area contributed by atoms with Gasteiger partial charge in [0.2, 0.25) is 0 Å². The number of fused-ring (bicyclic) bond motifs is 1. The van der Waals surface area contributed by atoms with E-state index < -0.39 is 18.2 Å². The number of hydrogen-bond donors (Lipinski definition) is 3. The van der Waals surface area contributed by atoms with Gasteiger partial charge < -0.3 is 15.2 Å². The highest BCUT2D eigenvalue weighted by Crippen LogP contribution is 2.35. The molecule has 7 heteroatoms. The van der Waals surface area contributed by atoms with Crippen LogP contribution in [0.2, 0.25) is 0 Å². The van der Waals surface area contributed by atoms with Crippen molar-refractivity contribution in [1.29, 1.82) is 0 Å². The molecule has 0 unspecified atom stereocenters. The fraction of sp³-hybridized carbons (Fsp3) is 0.176. The molecule has 3 rings (SSSR count). The highest BCUT2D eigenvalue weighted by molar-refractivity contribution is 6.02. The first-order chi connectivity index (χ1) is 11.6. The number of amides is 2. The molecular weight excluding hydrogens is 310 g/mol. The van der Waals surface area contributed by atoms with E-state index in [-0.39, 0.29) is 12.4 Å². The summed E-state index contributed by atoms with van der Waals surface area (Å²) >= 11 is 0. The Labute approximate surface area is 138 Å². The number of phenols is 1. The molecule has 0 aliphatic carbocycles. The number of rotatable bonds is 3. The van der Waals surface area contributed by atoms with Gasteiger partial charge in [0.25, 0.3) is 5.91 Å². The predicted molar refractivity (Wildman–Crippen MR) is 87.2 cm³/mol. The summed E-state index contributed by atoms with van der Waals surface area (Å²) in [6.07, 6.45) is -1.51. The highest BCUT2D eigenvalue weighted by Gasteiger charge is 2.35. The second-order valence-electron chi connectivity index (χ2n) is 5.16. The van der Waals surface area contributed by atoms with E-state index in [1.165, 1.54) is 6.07 Å². The number of carbonyl (C=O) groups is 2. The molecule has 124 valence electrons. The Balaban J connectivity index is 2.02. The van der Waals surface area contributed by atoms with E-state index in [1.54, 1.807) is 49.4 Å². The number of aromatic hydroxyl groups is 1. The summed E-state index contributed by atoms with van der Waals surface area (Å²) in [7, 11) is 0. The summed E-state index contributed by atoms with van der Waals surface area (Å²) in [4.78, 5) is 24.6. The van der Waals surface area contributed by atoms with E-state index in [9.17, 15) is 14.7 Å². The Bertz CT molecular complexity index is 778. The topological polar surface area (TPSA) is 90.9 Å². The van der Waals surface area contributed by atoms with E-state index in [0.717, 1.165) is 5.01 Å². The van der Waals surface area contributed by atoms with Gasteiger partial charge in [0.15, 0.2) is 6.17 Å². The molecular formula is C17H17N3O4. The van der Waals surface area contributed by atoms with E-state index >= 15 is 0 Å². The van der Waals surface area contributed by atoms with Crippen LogP contribution >= 0.6 is 0 Å². The first kappa shape index (κ1) is 15.7. The summed E-state index contributed by atoms with van der Waals surface area (Å²) in [6, 6.07) is 13.6. The van der Waals surface area contributed by atoms with Gasteiger partial charge in [0.05, 0.1) is 12.2 Å². The van der Waals surface area contributed by atoms with Crippen molar-refractivity contribution in [1.82, 2.24) is 10.4 Å². The number of ether oxygens (including phenoxy) is 1. The lowest BCUT2D eigenvalue weighted by molar-refractivity contribution is 0.0504. The largest absolute Gasteiger partial charge is 0.508 e. The van der Waals surface area contributed by atoms with Gasteiger partial charge in [0.1, 0.15) is 5.75 Å². The fourth-order valence-corrected chi connectivity index (χ4v) is 2.57. The van der Waals surface area contributed by atoms with Crippen LogP contribution < -0.4 is 10.7 Å².